The molecule has 0 saturated carbocycles. The fraction of sp³-hybridized carbons (Fsp3) is 0.250. The molecule has 0 aromatic heterocycles. The number of hydrogen-bond acceptors (Lipinski definition) is 3. The van der Waals surface area contributed by atoms with Gasteiger partial charge in [-0.2, -0.15) is 0 Å². The molecular weight excluding hydrogens is 272 g/mol. The molecule has 0 aliphatic carbocycles. The summed E-state index contributed by atoms with van der Waals surface area (Å²) < 4.78 is 11.3. The smallest absolute Gasteiger partial charge is 0.331 e. The van der Waals surface area contributed by atoms with Gasteiger partial charge in [0.2, 0.25) is 0 Å². The minimum absolute atomic E-state index is 0.325. The lowest BCUT2D eigenvalue weighted by Crippen LogP contribution is -2.01. The molecule has 4 heteroatoms. The molecule has 0 saturated heterocycles. The molecule has 1 aliphatic heterocycles. The Morgan fingerprint density at radius 1 is 1.62 bits per heavy atom. The molecule has 3 nitrogen and oxygen atoms in total. The van der Waals surface area contributed by atoms with E-state index < -0.39 is 0 Å². The molecule has 84 valence electrons. The normalized spacial score (nSPS) is 15.8. The molecular formula is C12H11BrO3. The van der Waals surface area contributed by atoms with Crippen LogP contribution in [0.4, 0.5) is 0 Å². The maximum absolute atomic E-state index is 11.3. The van der Waals surface area contributed by atoms with Gasteiger partial charge in [0, 0.05) is 21.7 Å². The van der Waals surface area contributed by atoms with Gasteiger partial charge in [0.05, 0.1) is 6.61 Å². The Labute approximate surface area is 102 Å². The molecule has 16 heavy (non-hydrogen) atoms. The number of halogens is 1. The second kappa shape index (κ2) is 4.70. The second-order valence-corrected chi connectivity index (χ2v) is 4.27. The third-order valence-corrected chi connectivity index (χ3v) is 2.74. The maximum Gasteiger partial charge on any atom is 0.331 e. The SMILES string of the molecule is CCOC(=O)/C=C1/COc2ccc(Br)cc21. The van der Waals surface area contributed by atoms with Crippen molar-refractivity contribution in [1.29, 1.82) is 0 Å². The highest BCUT2D eigenvalue weighted by Crippen LogP contribution is 2.34. The first-order chi connectivity index (χ1) is 7.70. The van der Waals surface area contributed by atoms with Crippen LogP contribution in [0.5, 0.6) is 5.75 Å². The van der Waals surface area contributed by atoms with Crippen LogP contribution in [0.25, 0.3) is 5.57 Å². The predicted molar refractivity (Wildman–Crippen MR) is 64.2 cm³/mol. The van der Waals surface area contributed by atoms with Crippen LogP contribution in [0.3, 0.4) is 0 Å². The lowest BCUT2D eigenvalue weighted by Gasteiger charge is -1.99. The van der Waals surface area contributed by atoms with Crippen molar-refractivity contribution in [3.8, 4) is 5.75 Å². The first-order valence-electron chi connectivity index (χ1n) is 5.00. The van der Waals surface area contributed by atoms with Crippen LogP contribution in [-0.2, 0) is 9.53 Å². The van der Waals surface area contributed by atoms with E-state index in [-0.39, 0.29) is 5.97 Å². The van der Waals surface area contributed by atoms with E-state index in [1.165, 1.54) is 6.08 Å². The van der Waals surface area contributed by atoms with Gasteiger partial charge in [-0.05, 0) is 25.1 Å². The van der Waals surface area contributed by atoms with Crippen LogP contribution in [0.2, 0.25) is 0 Å². The van der Waals surface area contributed by atoms with E-state index in [2.05, 4.69) is 15.9 Å². The van der Waals surface area contributed by atoms with Gasteiger partial charge in [-0.15, -0.1) is 0 Å². The number of carbonyl (C=O) groups is 1. The van der Waals surface area contributed by atoms with E-state index in [4.69, 9.17) is 9.47 Å². The van der Waals surface area contributed by atoms with E-state index in [1.807, 2.05) is 18.2 Å². The van der Waals surface area contributed by atoms with Crippen molar-refractivity contribution in [2.45, 2.75) is 6.92 Å². The van der Waals surface area contributed by atoms with Gasteiger partial charge in [-0.1, -0.05) is 15.9 Å². The molecule has 1 aromatic rings. The van der Waals surface area contributed by atoms with Crippen LogP contribution in [0, 0.1) is 0 Å². The highest BCUT2D eigenvalue weighted by atomic mass is 79.9. The minimum atomic E-state index is -0.325. The second-order valence-electron chi connectivity index (χ2n) is 3.35. The van der Waals surface area contributed by atoms with Gasteiger partial charge in [0.15, 0.2) is 0 Å². The molecule has 0 N–H and O–H groups in total. The Balaban J connectivity index is 2.29. The Morgan fingerprint density at radius 3 is 3.19 bits per heavy atom. The molecule has 1 aliphatic rings. The standard InChI is InChI=1S/C12H11BrO3/c1-2-15-12(14)5-8-7-16-11-4-3-9(13)6-10(8)11/h3-6H,2,7H2,1H3/b8-5-. The van der Waals surface area contributed by atoms with Gasteiger partial charge in [0.1, 0.15) is 12.4 Å². The number of carbonyl (C=O) groups excluding carboxylic acids is 1. The average Bonchev–Trinajstić information content (AvgIpc) is 2.61. The Kier molecular flexibility index (Phi) is 3.29. The Bertz CT molecular complexity index is 452. The monoisotopic (exact) mass is 282 g/mol. The number of ether oxygens (including phenoxy) is 2. The van der Waals surface area contributed by atoms with Gasteiger partial charge in [-0.25, -0.2) is 4.79 Å². The number of fused-ring (bicyclic) bond motifs is 1. The first-order valence-corrected chi connectivity index (χ1v) is 5.80. The third kappa shape index (κ3) is 2.27. The fourth-order valence-corrected chi connectivity index (χ4v) is 1.92. The zero-order valence-electron chi connectivity index (χ0n) is 8.83. The summed E-state index contributed by atoms with van der Waals surface area (Å²) in [5.74, 6) is 0.479. The summed E-state index contributed by atoms with van der Waals surface area (Å²) in [5, 5.41) is 0. The topological polar surface area (TPSA) is 35.5 Å². The number of hydrogen-bond donors (Lipinski definition) is 0. The highest BCUT2D eigenvalue weighted by molar-refractivity contribution is 9.10. The van der Waals surface area contributed by atoms with E-state index in [0.717, 1.165) is 21.4 Å². The molecule has 0 unspecified atom stereocenters. The summed E-state index contributed by atoms with van der Waals surface area (Å²) in [6, 6.07) is 5.73. The summed E-state index contributed by atoms with van der Waals surface area (Å²) in [5.41, 5.74) is 1.80. The molecule has 0 radical (unpaired) electrons. The van der Waals surface area contributed by atoms with Crippen molar-refractivity contribution in [2.75, 3.05) is 13.2 Å². The van der Waals surface area contributed by atoms with Gasteiger partial charge in [-0.3, -0.25) is 0 Å². The van der Waals surface area contributed by atoms with E-state index in [9.17, 15) is 4.79 Å². The van der Waals surface area contributed by atoms with Crippen LogP contribution < -0.4 is 4.74 Å². The molecule has 1 heterocycles. The number of rotatable bonds is 2. The van der Waals surface area contributed by atoms with Gasteiger partial charge >= 0.3 is 5.97 Å². The third-order valence-electron chi connectivity index (χ3n) is 2.25. The van der Waals surface area contributed by atoms with Crippen LogP contribution in [-0.4, -0.2) is 19.2 Å². The lowest BCUT2D eigenvalue weighted by molar-refractivity contribution is -0.137. The summed E-state index contributed by atoms with van der Waals surface area (Å²) in [6.45, 7) is 2.59. The molecule has 0 fully saturated rings. The minimum Gasteiger partial charge on any atom is -0.488 e. The molecule has 2 rings (SSSR count). The summed E-state index contributed by atoms with van der Waals surface area (Å²) >= 11 is 3.39. The van der Waals surface area contributed by atoms with Crippen molar-refractivity contribution in [3.05, 3.63) is 34.3 Å². The quantitative estimate of drug-likeness (QED) is 0.618. The summed E-state index contributed by atoms with van der Waals surface area (Å²) in [6.07, 6.45) is 1.49. The molecule has 0 amide bonds. The van der Waals surface area contributed by atoms with E-state index >= 15 is 0 Å². The molecule has 0 atom stereocenters. The maximum atomic E-state index is 11.3. The van der Waals surface area contributed by atoms with E-state index in [0.29, 0.717) is 13.2 Å². The zero-order chi connectivity index (χ0) is 11.5. The van der Waals surface area contributed by atoms with Crippen LogP contribution >= 0.6 is 15.9 Å². The van der Waals surface area contributed by atoms with E-state index in [1.54, 1.807) is 6.92 Å². The Morgan fingerprint density at radius 2 is 2.44 bits per heavy atom. The fourth-order valence-electron chi connectivity index (χ4n) is 1.56. The van der Waals surface area contributed by atoms with Crippen molar-refractivity contribution in [2.24, 2.45) is 0 Å². The largest absolute Gasteiger partial charge is 0.488 e. The van der Waals surface area contributed by atoms with Crippen LogP contribution in [0.15, 0.2) is 28.7 Å². The molecule has 1 aromatic carbocycles. The van der Waals surface area contributed by atoms with Crippen molar-refractivity contribution in [1.82, 2.24) is 0 Å². The molecule has 0 spiro atoms. The lowest BCUT2D eigenvalue weighted by atomic mass is 10.1. The van der Waals surface area contributed by atoms with Gasteiger partial charge < -0.3 is 9.47 Å². The average molecular weight is 283 g/mol. The number of esters is 1. The van der Waals surface area contributed by atoms with Crippen molar-refractivity contribution < 1.29 is 14.3 Å². The predicted octanol–water partition coefficient (Wildman–Crippen LogP) is 2.79. The van der Waals surface area contributed by atoms with Crippen LogP contribution in [0.1, 0.15) is 12.5 Å². The van der Waals surface area contributed by atoms with Crippen molar-refractivity contribution >= 4 is 27.5 Å². The summed E-state index contributed by atoms with van der Waals surface area (Å²) in [4.78, 5) is 11.3. The zero-order valence-corrected chi connectivity index (χ0v) is 10.4. The van der Waals surface area contributed by atoms with Gasteiger partial charge in [0.25, 0.3) is 0 Å². The van der Waals surface area contributed by atoms with Crippen molar-refractivity contribution in [3.63, 3.8) is 0 Å². The first kappa shape index (κ1) is 11.2. The number of benzene rings is 1. The highest BCUT2D eigenvalue weighted by Gasteiger charge is 2.18. The molecule has 0 bridgehead atoms. The summed E-state index contributed by atoms with van der Waals surface area (Å²) in [7, 11) is 0. The Hall–Kier alpha value is -1.29.